The normalized spacial score (nSPS) is 23.3. The van der Waals surface area contributed by atoms with Crippen molar-refractivity contribution in [3.63, 3.8) is 0 Å². The summed E-state index contributed by atoms with van der Waals surface area (Å²) >= 11 is 13.0. The van der Waals surface area contributed by atoms with Crippen molar-refractivity contribution in [3.8, 4) is 6.07 Å². The monoisotopic (exact) mass is 527 g/mol. The van der Waals surface area contributed by atoms with E-state index in [0.717, 1.165) is 54.2 Å². The molecule has 36 heavy (non-hydrogen) atoms. The number of nitriles is 1. The van der Waals surface area contributed by atoms with Crippen molar-refractivity contribution >= 4 is 35.1 Å². The van der Waals surface area contributed by atoms with Crippen molar-refractivity contribution in [2.45, 2.75) is 76.4 Å². The average molecular weight is 528 g/mol. The summed E-state index contributed by atoms with van der Waals surface area (Å²) in [4.78, 5) is 26.0. The SMILES string of the molecule is CC(C)(C)OC(=O)N1CCN(c2nc(Cl)nc3c2CC[C@@]2(CCc4c(Cl)cccc42)C3)C[C@@H]1CC#N. The van der Waals surface area contributed by atoms with Gasteiger partial charge in [0, 0.05) is 35.6 Å². The lowest BCUT2D eigenvalue weighted by atomic mass is 9.69. The van der Waals surface area contributed by atoms with E-state index in [2.05, 4.69) is 27.0 Å². The maximum Gasteiger partial charge on any atom is 0.410 e. The Morgan fingerprint density at radius 3 is 2.67 bits per heavy atom. The largest absolute Gasteiger partial charge is 0.444 e. The zero-order valence-electron chi connectivity index (χ0n) is 21.0. The number of benzene rings is 1. The molecule has 2 aliphatic carbocycles. The number of amides is 1. The first kappa shape index (κ1) is 25.1. The second kappa shape index (κ2) is 9.39. The van der Waals surface area contributed by atoms with Gasteiger partial charge in [0.15, 0.2) is 0 Å². The number of carbonyl (C=O) groups excluding carboxylic acids is 1. The van der Waals surface area contributed by atoms with Gasteiger partial charge in [-0.2, -0.15) is 5.26 Å². The highest BCUT2D eigenvalue weighted by Crippen LogP contribution is 2.50. The molecule has 0 saturated carbocycles. The van der Waals surface area contributed by atoms with Gasteiger partial charge in [-0.15, -0.1) is 0 Å². The summed E-state index contributed by atoms with van der Waals surface area (Å²) in [6.07, 6.45) is 4.54. The Morgan fingerprint density at radius 1 is 1.19 bits per heavy atom. The van der Waals surface area contributed by atoms with Crippen LogP contribution in [0.15, 0.2) is 18.2 Å². The highest BCUT2D eigenvalue weighted by molar-refractivity contribution is 6.31. The highest BCUT2D eigenvalue weighted by atomic mass is 35.5. The first-order chi connectivity index (χ1) is 17.1. The lowest BCUT2D eigenvalue weighted by Crippen LogP contribution is -2.56. The number of hydrogen-bond acceptors (Lipinski definition) is 6. The van der Waals surface area contributed by atoms with Gasteiger partial charge in [-0.05, 0) is 81.7 Å². The molecule has 1 aromatic carbocycles. The van der Waals surface area contributed by atoms with Gasteiger partial charge in [0.2, 0.25) is 5.28 Å². The van der Waals surface area contributed by atoms with Crippen molar-refractivity contribution in [1.82, 2.24) is 14.9 Å². The van der Waals surface area contributed by atoms with E-state index in [-0.39, 0.29) is 29.3 Å². The van der Waals surface area contributed by atoms with Crippen LogP contribution in [0.3, 0.4) is 0 Å². The third-order valence-electron chi connectivity index (χ3n) is 7.68. The fourth-order valence-electron chi connectivity index (χ4n) is 6.07. The molecule has 0 bridgehead atoms. The van der Waals surface area contributed by atoms with E-state index >= 15 is 0 Å². The Bertz CT molecular complexity index is 1240. The fraction of sp³-hybridized carbons (Fsp3) is 0.556. The zero-order chi connectivity index (χ0) is 25.7. The van der Waals surface area contributed by atoms with E-state index in [4.69, 9.17) is 27.9 Å². The van der Waals surface area contributed by atoms with Gasteiger partial charge in [-0.25, -0.2) is 14.8 Å². The molecule has 1 fully saturated rings. The predicted octanol–water partition coefficient (Wildman–Crippen LogP) is 5.50. The van der Waals surface area contributed by atoms with Crippen LogP contribution in [0, 0.1) is 11.3 Å². The summed E-state index contributed by atoms with van der Waals surface area (Å²) in [6.45, 7) is 7.07. The smallest absolute Gasteiger partial charge is 0.410 e. The number of fused-ring (bicyclic) bond motifs is 3. The van der Waals surface area contributed by atoms with Gasteiger partial charge in [-0.3, -0.25) is 0 Å². The molecule has 1 saturated heterocycles. The minimum atomic E-state index is -0.594. The number of piperazine rings is 1. The van der Waals surface area contributed by atoms with Gasteiger partial charge < -0.3 is 14.5 Å². The lowest BCUT2D eigenvalue weighted by Gasteiger charge is -2.43. The van der Waals surface area contributed by atoms with Gasteiger partial charge in [0.05, 0.1) is 24.2 Å². The predicted molar refractivity (Wildman–Crippen MR) is 140 cm³/mol. The van der Waals surface area contributed by atoms with E-state index in [1.165, 1.54) is 11.1 Å². The number of nitrogens with zero attached hydrogens (tertiary/aromatic N) is 5. The molecule has 0 unspecified atom stereocenters. The van der Waals surface area contributed by atoms with Crippen molar-refractivity contribution in [2.75, 3.05) is 24.5 Å². The summed E-state index contributed by atoms with van der Waals surface area (Å²) in [7, 11) is 0. The van der Waals surface area contributed by atoms with Crippen LogP contribution in [-0.2, 0) is 29.4 Å². The minimum absolute atomic E-state index is 0.0287. The second-order valence-electron chi connectivity index (χ2n) is 11.1. The summed E-state index contributed by atoms with van der Waals surface area (Å²) in [6, 6.07) is 8.17. The van der Waals surface area contributed by atoms with E-state index < -0.39 is 5.60 Å². The third-order valence-corrected chi connectivity index (χ3v) is 8.21. The number of rotatable bonds is 2. The van der Waals surface area contributed by atoms with Crippen LogP contribution in [0.1, 0.15) is 62.4 Å². The number of aromatic nitrogens is 2. The molecule has 190 valence electrons. The summed E-state index contributed by atoms with van der Waals surface area (Å²) in [5.74, 6) is 0.830. The molecule has 5 rings (SSSR count). The van der Waals surface area contributed by atoms with E-state index in [9.17, 15) is 10.1 Å². The molecule has 0 N–H and O–H groups in total. The molecule has 2 aromatic rings. The number of carbonyl (C=O) groups is 1. The Labute approximate surface area is 222 Å². The van der Waals surface area contributed by atoms with E-state index in [0.29, 0.717) is 19.6 Å². The summed E-state index contributed by atoms with van der Waals surface area (Å²) < 4.78 is 5.60. The van der Waals surface area contributed by atoms with Crippen molar-refractivity contribution in [3.05, 3.63) is 50.9 Å². The van der Waals surface area contributed by atoms with Gasteiger partial charge in [0.1, 0.15) is 11.4 Å². The van der Waals surface area contributed by atoms with Crippen LogP contribution < -0.4 is 4.90 Å². The van der Waals surface area contributed by atoms with Crippen molar-refractivity contribution in [2.24, 2.45) is 0 Å². The standard InChI is InChI=1S/C27H31Cl2N5O2/c1-26(2,3)36-25(35)34-14-13-33(16-17(34)9-12-30)23-19-8-11-27(15-22(19)31-24(29)32-23)10-7-18-20(27)5-4-6-21(18)28/h4-6,17H,7-11,13-16H2,1-3H3/t17-,27-/m0/s1. The van der Waals surface area contributed by atoms with Gasteiger partial charge in [0.25, 0.3) is 0 Å². The number of halogens is 2. The van der Waals surface area contributed by atoms with E-state index in [1.807, 2.05) is 32.9 Å². The second-order valence-corrected chi connectivity index (χ2v) is 11.8. The molecule has 9 heteroatoms. The quantitative estimate of drug-likeness (QED) is 0.479. The lowest BCUT2D eigenvalue weighted by molar-refractivity contribution is 0.0144. The Balaban J connectivity index is 1.42. The Morgan fingerprint density at radius 2 is 1.94 bits per heavy atom. The van der Waals surface area contributed by atoms with Crippen LogP contribution in [0.25, 0.3) is 0 Å². The van der Waals surface area contributed by atoms with E-state index in [1.54, 1.807) is 4.90 Å². The first-order valence-corrected chi connectivity index (χ1v) is 13.3. The summed E-state index contributed by atoms with van der Waals surface area (Å²) in [5, 5.41) is 10.5. The summed E-state index contributed by atoms with van der Waals surface area (Å²) in [5.41, 5.74) is 4.17. The maximum absolute atomic E-state index is 12.8. The topological polar surface area (TPSA) is 82.3 Å². The molecule has 2 heterocycles. The zero-order valence-corrected chi connectivity index (χ0v) is 22.5. The minimum Gasteiger partial charge on any atom is -0.444 e. The van der Waals surface area contributed by atoms with Crippen LogP contribution in [0.2, 0.25) is 10.3 Å². The third kappa shape index (κ3) is 4.62. The van der Waals surface area contributed by atoms with Gasteiger partial charge >= 0.3 is 6.09 Å². The van der Waals surface area contributed by atoms with Crippen LogP contribution >= 0.6 is 23.2 Å². The average Bonchev–Trinajstić information content (AvgIpc) is 3.16. The van der Waals surface area contributed by atoms with Crippen molar-refractivity contribution < 1.29 is 9.53 Å². The molecular formula is C27H31Cl2N5O2. The number of hydrogen-bond donors (Lipinski definition) is 0. The molecule has 1 amide bonds. The molecule has 3 aliphatic rings. The highest BCUT2D eigenvalue weighted by Gasteiger charge is 2.44. The fourth-order valence-corrected chi connectivity index (χ4v) is 6.52. The molecule has 1 aliphatic heterocycles. The molecule has 1 spiro atoms. The Hall–Kier alpha value is -2.56. The molecule has 1 aromatic heterocycles. The van der Waals surface area contributed by atoms with Crippen LogP contribution in [-0.4, -0.2) is 52.2 Å². The van der Waals surface area contributed by atoms with Gasteiger partial charge in [-0.1, -0.05) is 23.7 Å². The molecule has 0 radical (unpaired) electrons. The molecule has 2 atom stereocenters. The van der Waals surface area contributed by atoms with Crippen LogP contribution in [0.4, 0.5) is 10.6 Å². The van der Waals surface area contributed by atoms with Crippen molar-refractivity contribution in [1.29, 1.82) is 5.26 Å². The maximum atomic E-state index is 12.8. The number of anilines is 1. The Kier molecular flexibility index (Phi) is 6.55. The first-order valence-electron chi connectivity index (χ1n) is 12.5. The number of ether oxygens (including phenoxy) is 1. The molecule has 7 nitrogen and oxygen atoms in total. The van der Waals surface area contributed by atoms with Crippen LogP contribution in [0.5, 0.6) is 0 Å². The molecular weight excluding hydrogens is 497 g/mol.